The summed E-state index contributed by atoms with van der Waals surface area (Å²) in [6.45, 7) is 1.57. The molecule has 1 aromatic carbocycles. The number of benzene rings is 1. The van der Waals surface area contributed by atoms with Crippen molar-refractivity contribution < 1.29 is 14.7 Å². The van der Waals surface area contributed by atoms with Crippen LogP contribution in [0.5, 0.6) is 0 Å². The summed E-state index contributed by atoms with van der Waals surface area (Å²) < 4.78 is 0. The van der Waals surface area contributed by atoms with Crippen molar-refractivity contribution in [1.29, 1.82) is 0 Å². The average molecular weight is 256 g/mol. The fourth-order valence-corrected chi connectivity index (χ4v) is 1.43. The first-order valence-corrected chi connectivity index (χ1v) is 5.65. The van der Waals surface area contributed by atoms with Crippen LogP contribution in [0.3, 0.4) is 0 Å². The number of hydrogen-bond acceptors (Lipinski definition) is 2. The van der Waals surface area contributed by atoms with Gasteiger partial charge in [0.25, 0.3) is 0 Å². The number of amides is 1. The Hall–Kier alpha value is -1.55. The first kappa shape index (κ1) is 13.5. The monoisotopic (exact) mass is 255 g/mol. The maximum atomic E-state index is 11.5. The maximum Gasteiger partial charge on any atom is 0.306 e. The minimum absolute atomic E-state index is 0.165. The van der Waals surface area contributed by atoms with E-state index in [9.17, 15) is 9.59 Å². The van der Waals surface area contributed by atoms with Crippen LogP contribution in [0, 0.1) is 5.92 Å². The van der Waals surface area contributed by atoms with Gasteiger partial charge in [-0.25, -0.2) is 0 Å². The molecule has 0 unspecified atom stereocenters. The van der Waals surface area contributed by atoms with Gasteiger partial charge in [0, 0.05) is 6.42 Å². The number of carboxylic acid groups (broad SMARTS) is 1. The minimum Gasteiger partial charge on any atom is -0.481 e. The van der Waals surface area contributed by atoms with E-state index in [2.05, 4.69) is 5.32 Å². The van der Waals surface area contributed by atoms with E-state index in [-0.39, 0.29) is 12.3 Å². The molecule has 0 fully saturated rings. The van der Waals surface area contributed by atoms with Gasteiger partial charge in [-0.05, 0) is 18.6 Å². The fourth-order valence-electron chi connectivity index (χ4n) is 1.25. The molecule has 0 spiro atoms. The van der Waals surface area contributed by atoms with Crippen LogP contribution in [-0.4, -0.2) is 17.0 Å². The summed E-state index contributed by atoms with van der Waals surface area (Å²) in [5.74, 6) is -1.64. The van der Waals surface area contributed by atoms with Gasteiger partial charge in [0.1, 0.15) is 0 Å². The zero-order valence-electron chi connectivity index (χ0n) is 9.44. The second kappa shape index (κ2) is 6.25. The quantitative estimate of drug-likeness (QED) is 0.850. The van der Waals surface area contributed by atoms with Crippen LogP contribution >= 0.6 is 11.6 Å². The number of hydrogen-bond donors (Lipinski definition) is 2. The molecule has 1 rings (SSSR count). The number of carbonyl (C=O) groups is 2. The lowest BCUT2D eigenvalue weighted by Crippen LogP contribution is -2.16. The molecule has 1 atom stereocenters. The van der Waals surface area contributed by atoms with Gasteiger partial charge in [0.2, 0.25) is 5.91 Å². The van der Waals surface area contributed by atoms with Crippen LogP contribution in [0.4, 0.5) is 5.69 Å². The van der Waals surface area contributed by atoms with Gasteiger partial charge in [0.15, 0.2) is 0 Å². The summed E-state index contributed by atoms with van der Waals surface area (Å²) in [6, 6.07) is 6.91. The predicted octanol–water partition coefficient (Wildman–Crippen LogP) is 2.78. The maximum absolute atomic E-state index is 11.5. The molecule has 5 heteroatoms. The van der Waals surface area contributed by atoms with Crippen LogP contribution in [-0.2, 0) is 9.59 Å². The summed E-state index contributed by atoms with van der Waals surface area (Å²) in [5, 5.41) is 11.8. The van der Waals surface area contributed by atoms with Crippen molar-refractivity contribution in [2.75, 3.05) is 5.32 Å². The van der Waals surface area contributed by atoms with Crippen LogP contribution < -0.4 is 5.32 Å². The van der Waals surface area contributed by atoms with Gasteiger partial charge in [-0.2, -0.15) is 0 Å². The lowest BCUT2D eigenvalue weighted by Gasteiger charge is -2.08. The zero-order valence-corrected chi connectivity index (χ0v) is 10.2. The van der Waals surface area contributed by atoms with E-state index in [0.717, 1.165) is 0 Å². The average Bonchev–Trinajstić information content (AvgIpc) is 2.29. The van der Waals surface area contributed by atoms with Crippen molar-refractivity contribution in [2.45, 2.75) is 19.8 Å². The molecule has 1 aromatic rings. The molecule has 0 bridgehead atoms. The molecular formula is C12H14ClNO3. The largest absolute Gasteiger partial charge is 0.481 e. The molecule has 0 saturated carbocycles. The summed E-state index contributed by atoms with van der Waals surface area (Å²) >= 11 is 5.87. The van der Waals surface area contributed by atoms with Crippen molar-refractivity contribution in [3.8, 4) is 0 Å². The molecule has 0 heterocycles. The van der Waals surface area contributed by atoms with Crippen LogP contribution in [0.25, 0.3) is 0 Å². The van der Waals surface area contributed by atoms with Gasteiger partial charge in [-0.3, -0.25) is 9.59 Å². The molecule has 17 heavy (non-hydrogen) atoms. The molecular weight excluding hydrogens is 242 g/mol. The second-order valence-electron chi connectivity index (χ2n) is 3.81. The van der Waals surface area contributed by atoms with E-state index in [0.29, 0.717) is 17.1 Å². The van der Waals surface area contributed by atoms with Crippen molar-refractivity contribution in [3.63, 3.8) is 0 Å². The molecule has 0 aromatic heterocycles. The number of carbonyl (C=O) groups excluding carboxylic acids is 1. The topological polar surface area (TPSA) is 66.4 Å². The lowest BCUT2D eigenvalue weighted by atomic mass is 10.1. The second-order valence-corrected chi connectivity index (χ2v) is 4.21. The third-order valence-corrected chi connectivity index (χ3v) is 2.70. The molecule has 0 aliphatic heterocycles. The number of halogens is 1. The predicted molar refractivity (Wildman–Crippen MR) is 66.1 cm³/mol. The van der Waals surface area contributed by atoms with E-state index >= 15 is 0 Å². The highest BCUT2D eigenvalue weighted by Crippen LogP contribution is 2.20. The molecule has 2 N–H and O–H groups in total. The molecule has 0 radical (unpaired) electrons. The van der Waals surface area contributed by atoms with Gasteiger partial charge in [-0.1, -0.05) is 30.7 Å². The summed E-state index contributed by atoms with van der Waals surface area (Å²) in [7, 11) is 0. The van der Waals surface area contributed by atoms with Gasteiger partial charge >= 0.3 is 5.97 Å². The highest BCUT2D eigenvalue weighted by Gasteiger charge is 2.13. The van der Waals surface area contributed by atoms with Gasteiger partial charge in [-0.15, -0.1) is 0 Å². The molecule has 1 amide bonds. The van der Waals surface area contributed by atoms with E-state index in [1.807, 2.05) is 0 Å². The smallest absolute Gasteiger partial charge is 0.306 e. The van der Waals surface area contributed by atoms with Gasteiger partial charge < -0.3 is 10.4 Å². The Labute approximate surface area is 105 Å². The Morgan fingerprint density at radius 2 is 2.06 bits per heavy atom. The van der Waals surface area contributed by atoms with E-state index in [1.54, 1.807) is 31.2 Å². The summed E-state index contributed by atoms with van der Waals surface area (Å²) in [5.41, 5.74) is 0.544. The number of aliphatic carboxylic acids is 1. The Morgan fingerprint density at radius 1 is 1.41 bits per heavy atom. The Balaban J connectivity index is 2.46. The molecule has 0 aliphatic rings. The van der Waals surface area contributed by atoms with Crippen molar-refractivity contribution in [1.82, 2.24) is 0 Å². The first-order chi connectivity index (χ1) is 8.00. The Kier molecular flexibility index (Phi) is 4.97. The van der Waals surface area contributed by atoms with Crippen LogP contribution in [0.1, 0.15) is 19.8 Å². The first-order valence-electron chi connectivity index (χ1n) is 5.28. The van der Waals surface area contributed by atoms with Crippen molar-refractivity contribution >= 4 is 29.2 Å². The standard InChI is InChI=1S/C12H14ClNO3/c1-8(12(16)17)6-7-11(15)14-10-5-3-2-4-9(10)13/h2-5,8H,6-7H2,1H3,(H,14,15)(H,16,17)/t8-/m1/s1. The van der Waals surface area contributed by atoms with E-state index in [4.69, 9.17) is 16.7 Å². The highest BCUT2D eigenvalue weighted by atomic mass is 35.5. The molecule has 92 valence electrons. The number of para-hydroxylation sites is 1. The zero-order chi connectivity index (χ0) is 12.8. The third kappa shape index (κ3) is 4.44. The minimum atomic E-state index is -0.893. The van der Waals surface area contributed by atoms with Crippen molar-refractivity contribution in [3.05, 3.63) is 29.3 Å². The van der Waals surface area contributed by atoms with Crippen molar-refractivity contribution in [2.24, 2.45) is 5.92 Å². The summed E-state index contributed by atoms with van der Waals surface area (Å²) in [6.07, 6.45) is 0.476. The van der Waals surface area contributed by atoms with Gasteiger partial charge in [0.05, 0.1) is 16.6 Å². The van der Waals surface area contributed by atoms with E-state index in [1.165, 1.54) is 0 Å². The molecule has 0 saturated heterocycles. The molecule has 4 nitrogen and oxygen atoms in total. The normalized spacial score (nSPS) is 11.9. The molecule has 0 aliphatic carbocycles. The van der Waals surface area contributed by atoms with E-state index < -0.39 is 11.9 Å². The SMILES string of the molecule is C[C@H](CCC(=O)Nc1ccccc1Cl)C(=O)O. The number of nitrogens with one attached hydrogen (secondary N) is 1. The van der Waals surface area contributed by atoms with Crippen LogP contribution in [0.15, 0.2) is 24.3 Å². The summed E-state index contributed by atoms with van der Waals surface area (Å²) in [4.78, 5) is 22.1. The fraction of sp³-hybridized carbons (Fsp3) is 0.333. The van der Waals surface area contributed by atoms with Crippen LogP contribution in [0.2, 0.25) is 5.02 Å². The third-order valence-electron chi connectivity index (χ3n) is 2.37. The lowest BCUT2D eigenvalue weighted by molar-refractivity contribution is -0.141. The Bertz CT molecular complexity index is 420. The number of rotatable bonds is 5. The highest BCUT2D eigenvalue weighted by molar-refractivity contribution is 6.33. The number of carboxylic acids is 1. The number of anilines is 1. The Morgan fingerprint density at radius 3 is 2.65 bits per heavy atom.